The van der Waals surface area contributed by atoms with Gasteiger partial charge < -0.3 is 5.11 Å². The van der Waals surface area contributed by atoms with Crippen LogP contribution in [0.3, 0.4) is 0 Å². The Labute approximate surface area is 127 Å². The predicted molar refractivity (Wildman–Crippen MR) is 84.6 cm³/mol. The average Bonchev–Trinajstić information content (AvgIpc) is 2.86. The number of hydrogen-bond acceptors (Lipinski definition) is 4. The molecule has 0 atom stereocenters. The van der Waals surface area contributed by atoms with Gasteiger partial charge in [-0.2, -0.15) is 0 Å². The van der Waals surface area contributed by atoms with E-state index >= 15 is 0 Å². The average molecular weight is 300 g/mol. The van der Waals surface area contributed by atoms with Gasteiger partial charge in [0, 0.05) is 28.6 Å². The SMILES string of the molecule is Cc1cnc(NC(=O)c2cccc(C#CCCO)c2C)s1. The zero-order chi connectivity index (χ0) is 15.2. The van der Waals surface area contributed by atoms with Crippen molar-refractivity contribution >= 4 is 22.4 Å². The number of aliphatic hydroxyl groups excluding tert-OH is 1. The first-order valence-corrected chi connectivity index (χ1v) is 7.36. The summed E-state index contributed by atoms with van der Waals surface area (Å²) in [6.07, 6.45) is 2.15. The molecule has 0 fully saturated rings. The molecule has 1 aromatic heterocycles. The van der Waals surface area contributed by atoms with Crippen LogP contribution < -0.4 is 5.32 Å². The lowest BCUT2D eigenvalue weighted by Crippen LogP contribution is -2.13. The number of anilines is 1. The standard InChI is InChI=1S/C16H16N2O2S/c1-11-10-17-16(21-11)18-15(20)14-8-5-7-13(12(14)2)6-3-4-9-19/h5,7-8,10,19H,4,9H2,1-2H3,(H,17,18,20). The van der Waals surface area contributed by atoms with Gasteiger partial charge in [-0.1, -0.05) is 17.9 Å². The van der Waals surface area contributed by atoms with Crippen molar-refractivity contribution in [3.63, 3.8) is 0 Å². The summed E-state index contributed by atoms with van der Waals surface area (Å²) in [4.78, 5) is 17.5. The molecule has 0 spiro atoms. The Morgan fingerprint density at radius 3 is 2.90 bits per heavy atom. The Morgan fingerprint density at radius 1 is 1.43 bits per heavy atom. The molecule has 4 nitrogen and oxygen atoms in total. The van der Waals surface area contributed by atoms with E-state index in [9.17, 15) is 4.79 Å². The molecule has 0 aliphatic carbocycles. The molecule has 2 aromatic rings. The van der Waals surface area contributed by atoms with Crippen LogP contribution in [0, 0.1) is 25.7 Å². The van der Waals surface area contributed by atoms with Crippen molar-refractivity contribution in [1.82, 2.24) is 4.98 Å². The van der Waals surface area contributed by atoms with Crippen LogP contribution in [0.25, 0.3) is 0 Å². The Bertz CT molecular complexity index is 711. The number of aromatic nitrogens is 1. The number of nitrogens with zero attached hydrogens (tertiary/aromatic N) is 1. The Morgan fingerprint density at radius 2 is 2.24 bits per heavy atom. The summed E-state index contributed by atoms with van der Waals surface area (Å²) < 4.78 is 0. The molecular weight excluding hydrogens is 284 g/mol. The summed E-state index contributed by atoms with van der Waals surface area (Å²) in [6.45, 7) is 3.84. The normalized spacial score (nSPS) is 9.86. The maximum atomic E-state index is 12.3. The Hall–Kier alpha value is -2.16. The molecule has 0 radical (unpaired) electrons. The summed E-state index contributed by atoms with van der Waals surface area (Å²) in [6, 6.07) is 5.43. The van der Waals surface area contributed by atoms with Crippen LogP contribution >= 0.6 is 11.3 Å². The number of thiazole rings is 1. The monoisotopic (exact) mass is 300 g/mol. The second-order valence-corrected chi connectivity index (χ2v) is 5.72. The van der Waals surface area contributed by atoms with Gasteiger partial charge in [0.15, 0.2) is 5.13 Å². The van der Waals surface area contributed by atoms with Crippen molar-refractivity contribution in [1.29, 1.82) is 0 Å². The second-order valence-electron chi connectivity index (χ2n) is 4.48. The molecule has 0 unspecified atom stereocenters. The summed E-state index contributed by atoms with van der Waals surface area (Å²) in [5.74, 6) is 5.66. The van der Waals surface area contributed by atoms with Crippen molar-refractivity contribution in [3.05, 3.63) is 46.0 Å². The van der Waals surface area contributed by atoms with E-state index in [1.165, 1.54) is 11.3 Å². The molecular formula is C16H16N2O2S. The second kappa shape index (κ2) is 7.02. The highest BCUT2D eigenvalue weighted by atomic mass is 32.1. The molecule has 0 aliphatic rings. The summed E-state index contributed by atoms with van der Waals surface area (Å²) in [5, 5.41) is 12.1. The molecule has 1 heterocycles. The van der Waals surface area contributed by atoms with Gasteiger partial charge in [-0.25, -0.2) is 4.98 Å². The quantitative estimate of drug-likeness (QED) is 0.857. The van der Waals surface area contributed by atoms with Crippen LogP contribution in [-0.4, -0.2) is 22.6 Å². The zero-order valence-corrected chi connectivity index (χ0v) is 12.8. The number of aryl methyl sites for hydroxylation is 1. The first kappa shape index (κ1) is 15.2. The van der Waals surface area contributed by atoms with Crippen molar-refractivity contribution in [2.45, 2.75) is 20.3 Å². The van der Waals surface area contributed by atoms with E-state index in [0.29, 0.717) is 17.1 Å². The number of amides is 1. The molecule has 0 saturated heterocycles. The van der Waals surface area contributed by atoms with Gasteiger partial charge in [0.25, 0.3) is 5.91 Å². The molecule has 1 aromatic carbocycles. The van der Waals surface area contributed by atoms with Crippen molar-refractivity contribution < 1.29 is 9.90 Å². The molecule has 21 heavy (non-hydrogen) atoms. The molecule has 2 rings (SSSR count). The molecule has 5 heteroatoms. The molecule has 2 N–H and O–H groups in total. The van der Waals surface area contributed by atoms with Crippen molar-refractivity contribution in [2.24, 2.45) is 0 Å². The number of hydrogen-bond donors (Lipinski definition) is 2. The molecule has 1 amide bonds. The molecule has 108 valence electrons. The summed E-state index contributed by atoms with van der Waals surface area (Å²) >= 11 is 1.44. The third-order valence-corrected chi connectivity index (χ3v) is 3.71. The highest BCUT2D eigenvalue weighted by molar-refractivity contribution is 7.15. The fourth-order valence-corrected chi connectivity index (χ4v) is 2.47. The highest BCUT2D eigenvalue weighted by Crippen LogP contribution is 2.19. The Balaban J connectivity index is 2.22. The van der Waals surface area contributed by atoms with Crippen LogP contribution in [0.4, 0.5) is 5.13 Å². The van der Waals surface area contributed by atoms with E-state index in [4.69, 9.17) is 5.11 Å². The van der Waals surface area contributed by atoms with Gasteiger partial charge >= 0.3 is 0 Å². The minimum absolute atomic E-state index is 0.0373. The van der Waals surface area contributed by atoms with Gasteiger partial charge in [-0.3, -0.25) is 10.1 Å². The molecule has 0 saturated carbocycles. The first-order valence-electron chi connectivity index (χ1n) is 6.55. The number of carbonyl (C=O) groups excluding carboxylic acids is 1. The maximum Gasteiger partial charge on any atom is 0.257 e. The topological polar surface area (TPSA) is 62.2 Å². The van der Waals surface area contributed by atoms with Gasteiger partial charge in [-0.05, 0) is 31.5 Å². The van der Waals surface area contributed by atoms with Crippen LogP contribution in [0.5, 0.6) is 0 Å². The molecule has 0 aliphatic heterocycles. The van der Waals surface area contributed by atoms with Crippen molar-refractivity contribution in [3.8, 4) is 11.8 Å². The number of rotatable bonds is 3. The lowest BCUT2D eigenvalue weighted by Gasteiger charge is -2.07. The van der Waals surface area contributed by atoms with E-state index in [0.717, 1.165) is 16.0 Å². The van der Waals surface area contributed by atoms with Crippen LogP contribution in [0.1, 0.15) is 32.8 Å². The van der Waals surface area contributed by atoms with Crippen LogP contribution in [-0.2, 0) is 0 Å². The highest BCUT2D eigenvalue weighted by Gasteiger charge is 2.12. The third-order valence-electron chi connectivity index (χ3n) is 2.88. The van der Waals surface area contributed by atoms with Gasteiger partial charge in [-0.15, -0.1) is 11.3 Å². The van der Waals surface area contributed by atoms with Crippen LogP contribution in [0.2, 0.25) is 0 Å². The minimum Gasteiger partial charge on any atom is -0.395 e. The van der Waals surface area contributed by atoms with E-state index in [1.807, 2.05) is 19.9 Å². The maximum absolute atomic E-state index is 12.3. The van der Waals surface area contributed by atoms with Crippen molar-refractivity contribution in [2.75, 3.05) is 11.9 Å². The lowest BCUT2D eigenvalue weighted by molar-refractivity contribution is 0.102. The Kier molecular flexibility index (Phi) is 5.09. The number of nitrogens with one attached hydrogen (secondary N) is 1. The lowest BCUT2D eigenvalue weighted by atomic mass is 10.0. The number of aliphatic hydroxyl groups is 1. The number of carbonyl (C=O) groups is 1. The van der Waals surface area contributed by atoms with E-state index in [1.54, 1.807) is 18.3 Å². The minimum atomic E-state index is -0.187. The third kappa shape index (κ3) is 3.91. The fourth-order valence-electron chi connectivity index (χ4n) is 1.81. The number of benzene rings is 1. The summed E-state index contributed by atoms with van der Waals surface area (Å²) in [5.41, 5.74) is 2.21. The summed E-state index contributed by atoms with van der Waals surface area (Å²) in [7, 11) is 0. The smallest absolute Gasteiger partial charge is 0.257 e. The van der Waals surface area contributed by atoms with Gasteiger partial charge in [0.05, 0.1) is 6.61 Å². The zero-order valence-electron chi connectivity index (χ0n) is 11.9. The van der Waals surface area contributed by atoms with E-state index < -0.39 is 0 Å². The van der Waals surface area contributed by atoms with Gasteiger partial charge in [0.2, 0.25) is 0 Å². The predicted octanol–water partition coefficient (Wildman–Crippen LogP) is 2.75. The largest absolute Gasteiger partial charge is 0.395 e. The van der Waals surface area contributed by atoms with E-state index in [-0.39, 0.29) is 12.5 Å². The fraction of sp³-hybridized carbons (Fsp3) is 0.250. The first-order chi connectivity index (χ1) is 10.1. The molecule has 0 bridgehead atoms. The van der Waals surface area contributed by atoms with Gasteiger partial charge in [0.1, 0.15) is 0 Å². The van der Waals surface area contributed by atoms with Crippen LogP contribution in [0.15, 0.2) is 24.4 Å². The van der Waals surface area contributed by atoms with E-state index in [2.05, 4.69) is 22.1 Å².